The summed E-state index contributed by atoms with van der Waals surface area (Å²) in [7, 11) is 3.29. The van der Waals surface area contributed by atoms with Gasteiger partial charge in [-0.15, -0.1) is 0 Å². The van der Waals surface area contributed by atoms with E-state index in [-0.39, 0.29) is 12.6 Å². The van der Waals surface area contributed by atoms with Crippen molar-refractivity contribution in [3.63, 3.8) is 0 Å². The van der Waals surface area contributed by atoms with Crippen molar-refractivity contribution in [1.82, 2.24) is 10.5 Å². The number of rotatable bonds is 4. The number of hydrogen-bond donors (Lipinski definition) is 1. The third-order valence-corrected chi connectivity index (χ3v) is 4.11. The summed E-state index contributed by atoms with van der Waals surface area (Å²) in [5.41, 5.74) is 4.29. The second-order valence-corrected chi connectivity index (χ2v) is 6.02. The number of fused-ring (bicyclic) bond motifs is 1. The molecule has 0 spiro atoms. The number of carbonyl (C=O) groups excluding carboxylic acids is 1. The van der Waals surface area contributed by atoms with Crippen molar-refractivity contribution in [2.75, 3.05) is 19.1 Å². The molecule has 6 nitrogen and oxygen atoms in total. The third kappa shape index (κ3) is 3.42. The molecule has 25 heavy (non-hydrogen) atoms. The van der Waals surface area contributed by atoms with Gasteiger partial charge in [0.15, 0.2) is 5.58 Å². The van der Waals surface area contributed by atoms with Crippen molar-refractivity contribution >= 4 is 22.7 Å². The predicted molar refractivity (Wildman–Crippen MR) is 97.1 cm³/mol. The molecule has 0 aliphatic carbocycles. The molecule has 0 aliphatic rings. The number of benzene rings is 2. The number of methoxy groups -OCH3 is 1. The summed E-state index contributed by atoms with van der Waals surface area (Å²) < 4.78 is 10.6. The van der Waals surface area contributed by atoms with Crippen LogP contribution in [0, 0.1) is 13.8 Å². The van der Waals surface area contributed by atoms with Crippen molar-refractivity contribution in [2.24, 2.45) is 0 Å². The molecule has 3 rings (SSSR count). The molecule has 1 aromatic heterocycles. The van der Waals surface area contributed by atoms with Crippen LogP contribution < -0.4 is 15.0 Å². The molecule has 3 aromatic rings. The number of carbonyl (C=O) groups is 1. The van der Waals surface area contributed by atoms with Crippen LogP contribution in [0.25, 0.3) is 11.0 Å². The molecular formula is C19H21N3O3. The lowest BCUT2D eigenvalue weighted by molar-refractivity contribution is 0.246. The maximum atomic E-state index is 12.5. The van der Waals surface area contributed by atoms with Gasteiger partial charge in [0.25, 0.3) is 0 Å². The van der Waals surface area contributed by atoms with Crippen LogP contribution >= 0.6 is 0 Å². The molecule has 2 aromatic carbocycles. The van der Waals surface area contributed by atoms with E-state index in [1.807, 2.05) is 50.2 Å². The molecule has 1 heterocycles. The zero-order valence-corrected chi connectivity index (χ0v) is 14.8. The minimum atomic E-state index is -0.243. The highest BCUT2D eigenvalue weighted by atomic mass is 16.5. The van der Waals surface area contributed by atoms with Gasteiger partial charge < -0.3 is 14.6 Å². The fraction of sp³-hybridized carbons (Fsp3) is 0.263. The number of ether oxygens (including phenoxy) is 1. The van der Waals surface area contributed by atoms with E-state index >= 15 is 0 Å². The molecule has 1 N–H and O–H groups in total. The second-order valence-electron chi connectivity index (χ2n) is 6.02. The number of aryl methyl sites for hydroxylation is 2. The van der Waals surface area contributed by atoms with Gasteiger partial charge in [0, 0.05) is 12.4 Å². The summed E-state index contributed by atoms with van der Waals surface area (Å²) in [5, 5.41) is 7.84. The Balaban J connectivity index is 1.76. The van der Waals surface area contributed by atoms with Crippen LogP contribution in [-0.4, -0.2) is 25.3 Å². The minimum absolute atomic E-state index is 0.243. The summed E-state index contributed by atoms with van der Waals surface area (Å²) in [5.74, 6) is 0.644. The highest BCUT2D eigenvalue weighted by Crippen LogP contribution is 2.28. The maximum absolute atomic E-state index is 12.5. The third-order valence-electron chi connectivity index (χ3n) is 4.11. The Hall–Kier alpha value is -3.02. The summed E-state index contributed by atoms with van der Waals surface area (Å²) >= 11 is 0. The number of aromatic nitrogens is 1. The molecule has 130 valence electrons. The zero-order chi connectivity index (χ0) is 18.0. The van der Waals surface area contributed by atoms with Crippen molar-refractivity contribution in [2.45, 2.75) is 20.4 Å². The lowest BCUT2D eigenvalue weighted by Gasteiger charge is -2.20. The fourth-order valence-corrected chi connectivity index (χ4v) is 2.68. The SMILES string of the molecule is COc1ccc(C)cc1N(C)C(=O)NCc1noc2ccc(C)cc12. The molecule has 0 atom stereocenters. The number of nitrogens with zero attached hydrogens (tertiary/aromatic N) is 2. The van der Waals surface area contributed by atoms with Crippen molar-refractivity contribution in [1.29, 1.82) is 0 Å². The van der Waals surface area contributed by atoms with E-state index in [4.69, 9.17) is 9.26 Å². The Labute approximate surface area is 146 Å². The summed E-state index contributed by atoms with van der Waals surface area (Å²) in [4.78, 5) is 14.0. The minimum Gasteiger partial charge on any atom is -0.495 e. The first-order valence-electron chi connectivity index (χ1n) is 8.00. The molecule has 0 fully saturated rings. The molecule has 0 radical (unpaired) electrons. The van der Waals surface area contributed by atoms with Gasteiger partial charge in [-0.05, 0) is 43.7 Å². The van der Waals surface area contributed by atoms with Gasteiger partial charge in [-0.25, -0.2) is 4.79 Å². The highest BCUT2D eigenvalue weighted by Gasteiger charge is 2.16. The van der Waals surface area contributed by atoms with Crippen molar-refractivity contribution < 1.29 is 14.1 Å². The molecule has 0 unspecified atom stereocenters. The smallest absolute Gasteiger partial charge is 0.322 e. The van der Waals surface area contributed by atoms with Gasteiger partial charge >= 0.3 is 6.03 Å². The van der Waals surface area contributed by atoms with E-state index in [2.05, 4.69) is 10.5 Å². The molecule has 0 bridgehead atoms. The molecule has 0 saturated heterocycles. The van der Waals surface area contributed by atoms with Crippen LogP contribution in [0.2, 0.25) is 0 Å². The topological polar surface area (TPSA) is 67.6 Å². The normalized spacial score (nSPS) is 10.7. The standard InChI is InChI=1S/C19H21N3O3/c1-12-5-7-17-14(9-12)15(21-25-17)11-20-19(23)22(3)16-10-13(2)6-8-18(16)24-4/h5-10H,11H2,1-4H3,(H,20,23). The number of anilines is 1. The Kier molecular flexibility index (Phi) is 4.61. The van der Waals surface area contributed by atoms with Crippen LogP contribution in [0.1, 0.15) is 16.8 Å². The van der Waals surface area contributed by atoms with Crippen LogP contribution in [0.3, 0.4) is 0 Å². The monoisotopic (exact) mass is 339 g/mol. The van der Waals surface area contributed by atoms with Gasteiger partial charge in [-0.1, -0.05) is 22.9 Å². The lowest BCUT2D eigenvalue weighted by atomic mass is 10.1. The summed E-state index contributed by atoms with van der Waals surface area (Å²) in [6.07, 6.45) is 0. The fourth-order valence-electron chi connectivity index (χ4n) is 2.68. The first-order valence-corrected chi connectivity index (χ1v) is 8.00. The van der Waals surface area contributed by atoms with Crippen molar-refractivity contribution in [3.8, 4) is 5.75 Å². The number of nitrogens with one attached hydrogen (secondary N) is 1. The first-order chi connectivity index (χ1) is 12.0. The van der Waals surface area contributed by atoms with E-state index < -0.39 is 0 Å². The average Bonchev–Trinajstić information content (AvgIpc) is 3.01. The first kappa shape index (κ1) is 16.8. The van der Waals surface area contributed by atoms with E-state index in [1.54, 1.807) is 14.2 Å². The number of urea groups is 1. The second kappa shape index (κ2) is 6.84. The van der Waals surface area contributed by atoms with Crippen LogP contribution in [-0.2, 0) is 6.54 Å². The lowest BCUT2D eigenvalue weighted by Crippen LogP contribution is -2.37. The molecule has 6 heteroatoms. The Morgan fingerprint density at radius 2 is 1.92 bits per heavy atom. The molecule has 0 aliphatic heterocycles. The van der Waals surface area contributed by atoms with Crippen LogP contribution in [0.5, 0.6) is 5.75 Å². The van der Waals surface area contributed by atoms with E-state index in [9.17, 15) is 4.79 Å². The zero-order valence-electron chi connectivity index (χ0n) is 14.8. The Morgan fingerprint density at radius 3 is 2.68 bits per heavy atom. The largest absolute Gasteiger partial charge is 0.495 e. The summed E-state index contributed by atoms with van der Waals surface area (Å²) in [6, 6.07) is 11.3. The Bertz CT molecular complexity index is 917. The molecule has 0 saturated carbocycles. The van der Waals surface area contributed by atoms with Gasteiger partial charge in [0.05, 0.1) is 19.3 Å². The van der Waals surface area contributed by atoms with Crippen LogP contribution in [0.4, 0.5) is 10.5 Å². The van der Waals surface area contributed by atoms with Crippen LogP contribution in [0.15, 0.2) is 40.9 Å². The summed E-state index contributed by atoms with van der Waals surface area (Å²) in [6.45, 7) is 4.26. The van der Waals surface area contributed by atoms with Gasteiger partial charge in [0.2, 0.25) is 0 Å². The maximum Gasteiger partial charge on any atom is 0.322 e. The highest BCUT2D eigenvalue weighted by molar-refractivity contribution is 5.93. The molecular weight excluding hydrogens is 318 g/mol. The quantitative estimate of drug-likeness (QED) is 0.785. The van der Waals surface area contributed by atoms with Gasteiger partial charge in [-0.2, -0.15) is 0 Å². The van der Waals surface area contributed by atoms with E-state index in [0.29, 0.717) is 22.7 Å². The molecule has 2 amide bonds. The Morgan fingerprint density at radius 1 is 1.20 bits per heavy atom. The number of hydrogen-bond acceptors (Lipinski definition) is 4. The van der Waals surface area contributed by atoms with E-state index in [1.165, 1.54) is 4.90 Å². The van der Waals surface area contributed by atoms with E-state index in [0.717, 1.165) is 16.5 Å². The average molecular weight is 339 g/mol. The van der Waals surface area contributed by atoms with Crippen molar-refractivity contribution in [3.05, 3.63) is 53.2 Å². The van der Waals surface area contributed by atoms with Gasteiger partial charge in [-0.3, -0.25) is 4.90 Å². The predicted octanol–water partition coefficient (Wildman–Crippen LogP) is 3.80. The van der Waals surface area contributed by atoms with Gasteiger partial charge in [0.1, 0.15) is 11.4 Å². The number of amides is 2.